The lowest BCUT2D eigenvalue weighted by atomic mass is 10.3. The van der Waals surface area contributed by atoms with Crippen LogP contribution in [0.15, 0.2) is 6.20 Å². The Morgan fingerprint density at radius 2 is 1.95 bits per heavy atom. The fraction of sp³-hybridized carbons (Fsp3) is 0.182. The van der Waals surface area contributed by atoms with E-state index in [1.54, 1.807) is 13.8 Å². The minimum absolute atomic E-state index is 0.0102. The fourth-order valence-corrected chi connectivity index (χ4v) is 2.08. The van der Waals surface area contributed by atoms with E-state index in [-0.39, 0.29) is 20.8 Å². The molecular formula is C11H9Cl3N4O. The van der Waals surface area contributed by atoms with Crippen LogP contribution >= 0.6 is 34.8 Å². The summed E-state index contributed by atoms with van der Waals surface area (Å²) in [6.07, 6.45) is 1.28. The molecule has 19 heavy (non-hydrogen) atoms. The van der Waals surface area contributed by atoms with Crippen molar-refractivity contribution in [3.8, 4) is 0 Å². The molecule has 0 saturated heterocycles. The molecule has 100 valence electrons. The summed E-state index contributed by atoms with van der Waals surface area (Å²) in [6, 6.07) is 0. The summed E-state index contributed by atoms with van der Waals surface area (Å²) >= 11 is 17.6. The molecule has 0 aliphatic rings. The lowest BCUT2D eigenvalue weighted by Crippen LogP contribution is -2.15. The van der Waals surface area contributed by atoms with Gasteiger partial charge < -0.3 is 5.32 Å². The number of amides is 1. The van der Waals surface area contributed by atoms with Crippen molar-refractivity contribution >= 4 is 46.4 Å². The third kappa shape index (κ3) is 2.68. The second-order valence-corrected chi connectivity index (χ2v) is 5.01. The molecule has 5 nitrogen and oxygen atoms in total. The number of carbonyl (C=O) groups excluding carboxylic acids is 1. The Labute approximate surface area is 124 Å². The highest BCUT2D eigenvalue weighted by molar-refractivity contribution is 6.49. The average Bonchev–Trinajstić information content (AvgIpc) is 2.68. The normalized spacial score (nSPS) is 10.6. The Bertz CT molecular complexity index is 634. The summed E-state index contributed by atoms with van der Waals surface area (Å²) in [5, 5.41) is 9.73. The second-order valence-electron chi connectivity index (χ2n) is 3.85. The molecule has 2 heterocycles. The van der Waals surface area contributed by atoms with Gasteiger partial charge in [-0.3, -0.25) is 9.89 Å². The lowest BCUT2D eigenvalue weighted by Gasteiger charge is -2.07. The minimum Gasteiger partial charge on any atom is -0.317 e. The van der Waals surface area contributed by atoms with E-state index in [1.165, 1.54) is 6.20 Å². The van der Waals surface area contributed by atoms with E-state index in [9.17, 15) is 4.79 Å². The lowest BCUT2D eigenvalue weighted by molar-refractivity contribution is 0.102. The van der Waals surface area contributed by atoms with Crippen LogP contribution in [0.4, 0.5) is 5.69 Å². The molecule has 2 aromatic heterocycles. The first-order chi connectivity index (χ1) is 8.91. The number of hydrogen-bond donors (Lipinski definition) is 2. The maximum absolute atomic E-state index is 12.1. The number of halogens is 3. The zero-order chi connectivity index (χ0) is 14.2. The number of anilines is 1. The molecule has 0 aromatic carbocycles. The summed E-state index contributed by atoms with van der Waals surface area (Å²) in [4.78, 5) is 16.0. The van der Waals surface area contributed by atoms with Crippen LogP contribution in [0.2, 0.25) is 15.1 Å². The molecule has 2 rings (SSSR count). The number of carbonyl (C=O) groups is 1. The van der Waals surface area contributed by atoms with E-state index in [2.05, 4.69) is 20.5 Å². The average molecular weight is 320 g/mol. The number of nitrogens with zero attached hydrogens (tertiary/aromatic N) is 2. The van der Waals surface area contributed by atoms with Gasteiger partial charge in [0, 0.05) is 6.20 Å². The number of rotatable bonds is 2. The Kier molecular flexibility index (Phi) is 3.99. The molecule has 0 radical (unpaired) electrons. The Morgan fingerprint density at radius 1 is 1.26 bits per heavy atom. The minimum atomic E-state index is -0.476. The smallest absolute Gasteiger partial charge is 0.275 e. The first-order valence-corrected chi connectivity index (χ1v) is 6.37. The number of pyridine rings is 1. The number of aromatic amines is 1. The molecule has 1 amide bonds. The summed E-state index contributed by atoms with van der Waals surface area (Å²) in [6.45, 7) is 3.56. The van der Waals surface area contributed by atoms with E-state index in [1.807, 2.05) is 0 Å². The molecule has 0 atom stereocenters. The number of aromatic nitrogens is 3. The van der Waals surface area contributed by atoms with Crippen LogP contribution in [0.3, 0.4) is 0 Å². The van der Waals surface area contributed by atoms with Crippen molar-refractivity contribution in [2.75, 3.05) is 5.32 Å². The van der Waals surface area contributed by atoms with Crippen LogP contribution in [0, 0.1) is 13.8 Å². The second kappa shape index (κ2) is 5.36. The van der Waals surface area contributed by atoms with Gasteiger partial charge >= 0.3 is 0 Å². The highest BCUT2D eigenvalue weighted by atomic mass is 35.5. The first-order valence-electron chi connectivity index (χ1n) is 5.24. The van der Waals surface area contributed by atoms with Crippen LogP contribution in [0.5, 0.6) is 0 Å². The van der Waals surface area contributed by atoms with Crippen molar-refractivity contribution in [3.05, 3.63) is 38.3 Å². The number of hydrogen-bond acceptors (Lipinski definition) is 3. The fourth-order valence-electron chi connectivity index (χ4n) is 1.51. The predicted molar refractivity (Wildman–Crippen MR) is 75.3 cm³/mol. The third-order valence-corrected chi connectivity index (χ3v) is 3.74. The van der Waals surface area contributed by atoms with E-state index >= 15 is 0 Å². The van der Waals surface area contributed by atoms with Crippen molar-refractivity contribution in [2.24, 2.45) is 0 Å². The SMILES string of the molecule is Cc1n[nH]c(C)c1NC(=O)c1ncc(Cl)c(Cl)c1Cl. The predicted octanol–water partition coefficient (Wildman–Crippen LogP) is 3.63. The molecule has 8 heteroatoms. The van der Waals surface area contributed by atoms with Crippen LogP contribution in [-0.4, -0.2) is 21.1 Å². The van der Waals surface area contributed by atoms with Gasteiger partial charge in [0.25, 0.3) is 5.91 Å². The molecule has 0 unspecified atom stereocenters. The molecular weight excluding hydrogens is 311 g/mol. The van der Waals surface area contributed by atoms with Gasteiger partial charge in [-0.05, 0) is 13.8 Å². The summed E-state index contributed by atoms with van der Waals surface area (Å²) in [7, 11) is 0. The van der Waals surface area contributed by atoms with Crippen LogP contribution in [-0.2, 0) is 0 Å². The molecule has 0 saturated carbocycles. The largest absolute Gasteiger partial charge is 0.317 e. The zero-order valence-corrected chi connectivity index (χ0v) is 12.3. The quantitative estimate of drug-likeness (QED) is 0.888. The van der Waals surface area contributed by atoms with Gasteiger partial charge in [-0.2, -0.15) is 5.10 Å². The maximum atomic E-state index is 12.1. The van der Waals surface area contributed by atoms with Crippen LogP contribution < -0.4 is 5.32 Å². The molecule has 0 spiro atoms. The standard InChI is InChI=1S/C11H9Cl3N4O/c1-4-9(5(2)18-17-4)16-11(19)10-8(14)7(13)6(12)3-15-10/h3H,1-2H3,(H,16,19)(H,17,18). The highest BCUT2D eigenvalue weighted by Gasteiger charge is 2.19. The van der Waals surface area contributed by atoms with Crippen molar-refractivity contribution < 1.29 is 4.79 Å². The summed E-state index contributed by atoms with van der Waals surface area (Å²) in [5.74, 6) is -0.476. The molecule has 0 bridgehead atoms. The zero-order valence-electron chi connectivity index (χ0n) is 10.0. The van der Waals surface area contributed by atoms with E-state index in [0.717, 1.165) is 5.69 Å². The molecule has 0 aliphatic heterocycles. The van der Waals surface area contributed by atoms with Gasteiger partial charge in [0.1, 0.15) is 5.69 Å². The van der Waals surface area contributed by atoms with Gasteiger partial charge in [0.2, 0.25) is 0 Å². The van der Waals surface area contributed by atoms with Crippen molar-refractivity contribution in [2.45, 2.75) is 13.8 Å². The van der Waals surface area contributed by atoms with Gasteiger partial charge in [-0.15, -0.1) is 0 Å². The molecule has 2 aromatic rings. The summed E-state index contributed by atoms with van der Waals surface area (Å²) in [5.41, 5.74) is 2.01. The summed E-state index contributed by atoms with van der Waals surface area (Å²) < 4.78 is 0. The Hall–Kier alpha value is -1.30. The van der Waals surface area contributed by atoms with E-state index in [0.29, 0.717) is 11.4 Å². The van der Waals surface area contributed by atoms with Gasteiger partial charge in [0.15, 0.2) is 0 Å². The van der Waals surface area contributed by atoms with Crippen molar-refractivity contribution in [1.29, 1.82) is 0 Å². The topological polar surface area (TPSA) is 70.7 Å². The third-order valence-electron chi connectivity index (χ3n) is 2.50. The van der Waals surface area contributed by atoms with E-state index < -0.39 is 5.91 Å². The van der Waals surface area contributed by atoms with Gasteiger partial charge in [-0.1, -0.05) is 34.8 Å². The van der Waals surface area contributed by atoms with Crippen LogP contribution in [0.25, 0.3) is 0 Å². The number of nitrogens with one attached hydrogen (secondary N) is 2. The van der Waals surface area contributed by atoms with E-state index in [4.69, 9.17) is 34.8 Å². The molecule has 2 N–H and O–H groups in total. The number of H-pyrrole nitrogens is 1. The molecule has 0 fully saturated rings. The van der Waals surface area contributed by atoms with Crippen molar-refractivity contribution in [3.63, 3.8) is 0 Å². The number of aryl methyl sites for hydroxylation is 2. The van der Waals surface area contributed by atoms with Crippen LogP contribution in [0.1, 0.15) is 21.9 Å². The maximum Gasteiger partial charge on any atom is 0.275 e. The Morgan fingerprint density at radius 3 is 2.53 bits per heavy atom. The first kappa shape index (κ1) is 14.1. The highest BCUT2D eigenvalue weighted by Crippen LogP contribution is 2.31. The molecule has 0 aliphatic carbocycles. The van der Waals surface area contributed by atoms with Gasteiger partial charge in [0.05, 0.1) is 32.1 Å². The van der Waals surface area contributed by atoms with Crippen molar-refractivity contribution in [1.82, 2.24) is 15.2 Å². The monoisotopic (exact) mass is 318 g/mol. The Balaban J connectivity index is 2.34. The van der Waals surface area contributed by atoms with Gasteiger partial charge in [-0.25, -0.2) is 4.98 Å².